The Bertz CT molecular complexity index is 4220. The average molecular weight is 739 g/mol. The van der Waals surface area contributed by atoms with Gasteiger partial charge >= 0.3 is 0 Å². The van der Waals surface area contributed by atoms with E-state index in [1.807, 2.05) is 60.7 Å². The minimum Gasteiger partial charge on any atom is -0.309 e. The topological polar surface area (TPSA) is 14.8 Å². The van der Waals surface area contributed by atoms with Crippen molar-refractivity contribution in [3.05, 3.63) is 212 Å². The van der Waals surface area contributed by atoms with Crippen molar-refractivity contribution in [2.45, 2.75) is 0 Å². The molecule has 0 fully saturated rings. The lowest BCUT2D eigenvalue weighted by Gasteiger charge is -2.13. The van der Waals surface area contributed by atoms with Gasteiger partial charge in [-0.1, -0.05) is 139 Å². The van der Waals surface area contributed by atoms with E-state index < -0.39 is 101 Å². The van der Waals surface area contributed by atoms with Crippen molar-refractivity contribution in [3.8, 4) is 39.3 Å². The first-order valence-electron chi connectivity index (χ1n) is 25.0. The second kappa shape index (κ2) is 12.5. The molecule has 3 heteroatoms. The summed E-state index contributed by atoms with van der Waals surface area (Å²) in [5, 5.41) is 5.92. The molecule has 0 atom stereocenters. The van der Waals surface area contributed by atoms with Crippen LogP contribution in [0.4, 0.5) is 0 Å². The highest BCUT2D eigenvalue weighted by Crippen LogP contribution is 2.39. The second-order valence-corrected chi connectivity index (χ2v) is 14.0. The Hall–Kier alpha value is -7.62. The minimum absolute atomic E-state index is 0.132. The van der Waals surface area contributed by atoms with E-state index in [1.165, 1.54) is 0 Å². The van der Waals surface area contributed by atoms with Crippen LogP contribution in [0.15, 0.2) is 212 Å². The standard InChI is InChI=1S/C54H35N3/c1-2-14-36(15-3-1)37-16-12-17-38(32-37)39-18-13-19-40(33-39)55-52-27-11-7-23-46(52)48-34-41(29-31-53(48)55)57-51-26-10-6-22-45(51)47-30-28-42(35-54(47)57)56-49-24-8-4-20-43(49)44-21-5-9-25-50(44)56/h1-35H/i1D,2D,3D,12D,13D,14D,15D,16D,17D,18D,19D,32D,33D. The third-order valence-electron chi connectivity index (χ3n) is 10.9. The fraction of sp³-hybridized carbons (Fsp3) is 0. The molecule has 3 heterocycles. The van der Waals surface area contributed by atoms with Gasteiger partial charge in [-0.15, -0.1) is 0 Å². The van der Waals surface area contributed by atoms with Gasteiger partial charge < -0.3 is 13.7 Å². The molecule has 266 valence electrons. The fourth-order valence-electron chi connectivity index (χ4n) is 8.46. The molecule has 12 aromatic rings. The summed E-state index contributed by atoms with van der Waals surface area (Å²) < 4.78 is 122. The summed E-state index contributed by atoms with van der Waals surface area (Å²) >= 11 is 0. The maximum atomic E-state index is 9.80. The monoisotopic (exact) mass is 738 g/mol. The third kappa shape index (κ3) is 4.86. The molecule has 0 N–H and O–H groups in total. The summed E-state index contributed by atoms with van der Waals surface area (Å²) in [6.45, 7) is 0. The number of aromatic nitrogens is 3. The molecule has 0 aliphatic heterocycles. The zero-order chi connectivity index (χ0) is 48.8. The SMILES string of the molecule is [2H]c1c([2H])c([2H])c(-c2c([2H])c([2H])c([2H])c(-c3c([2H])c([2H])c([2H])c(-n4c5ccccc5c5cc(-n6c7ccccc7c7ccc(-n8c9ccccc9c9ccccc98)cc76)ccc54)c3[2H])c2[2H])c([2H])c1[2H]. The zero-order valence-electron chi connectivity index (χ0n) is 43.0. The molecule has 3 aromatic heterocycles. The molecule has 0 saturated carbocycles. The molecule has 0 aliphatic carbocycles. The summed E-state index contributed by atoms with van der Waals surface area (Å²) in [6.07, 6.45) is 0. The lowest BCUT2D eigenvalue weighted by atomic mass is 9.99. The Morgan fingerprint density at radius 3 is 1.33 bits per heavy atom. The van der Waals surface area contributed by atoms with Crippen LogP contribution in [-0.2, 0) is 0 Å². The number of rotatable bonds is 5. The minimum atomic E-state index is -0.772. The van der Waals surface area contributed by atoms with Gasteiger partial charge in [0.15, 0.2) is 0 Å². The Balaban J connectivity index is 1.10. The van der Waals surface area contributed by atoms with Gasteiger partial charge in [-0.05, 0) is 95.0 Å². The van der Waals surface area contributed by atoms with E-state index in [-0.39, 0.29) is 5.69 Å². The number of fused-ring (bicyclic) bond motifs is 9. The first-order chi connectivity index (χ1) is 33.7. The quantitative estimate of drug-likeness (QED) is 0.167. The molecule has 57 heavy (non-hydrogen) atoms. The molecule has 0 unspecified atom stereocenters. The second-order valence-electron chi connectivity index (χ2n) is 14.0. The molecule has 9 aromatic carbocycles. The molecule has 0 aliphatic rings. The molecule has 0 spiro atoms. The summed E-state index contributed by atoms with van der Waals surface area (Å²) in [6, 6.07) is 35.9. The van der Waals surface area contributed by atoms with E-state index in [1.54, 1.807) is 4.57 Å². The van der Waals surface area contributed by atoms with E-state index in [0.717, 1.165) is 65.8 Å². The Morgan fingerprint density at radius 1 is 0.281 bits per heavy atom. The van der Waals surface area contributed by atoms with Crippen LogP contribution >= 0.6 is 0 Å². The van der Waals surface area contributed by atoms with Crippen LogP contribution in [-0.4, -0.2) is 13.7 Å². The van der Waals surface area contributed by atoms with Gasteiger partial charge in [-0.3, -0.25) is 0 Å². The Labute approximate surface area is 347 Å². The number of hydrogen-bond acceptors (Lipinski definition) is 0. The van der Waals surface area contributed by atoms with Gasteiger partial charge in [0.05, 0.1) is 50.9 Å². The van der Waals surface area contributed by atoms with Crippen LogP contribution in [0.25, 0.3) is 105 Å². The van der Waals surface area contributed by atoms with E-state index in [2.05, 4.69) is 81.9 Å². The highest BCUT2D eigenvalue weighted by Gasteiger charge is 2.19. The van der Waals surface area contributed by atoms with E-state index in [4.69, 9.17) is 13.7 Å². The van der Waals surface area contributed by atoms with Crippen LogP contribution < -0.4 is 0 Å². The molecule has 0 amide bonds. The molecular weight excluding hydrogens is 691 g/mol. The molecule has 12 rings (SSSR count). The first-order valence-corrected chi connectivity index (χ1v) is 18.5. The smallest absolute Gasteiger partial charge is 0.0651 e. The highest BCUT2D eigenvalue weighted by molar-refractivity contribution is 6.13. The first kappa shape index (κ1) is 21.5. The average Bonchev–Trinajstić information content (AvgIpc) is 4.01. The van der Waals surface area contributed by atoms with Gasteiger partial charge in [-0.25, -0.2) is 0 Å². The lowest BCUT2D eigenvalue weighted by Crippen LogP contribution is -1.97. The van der Waals surface area contributed by atoms with Crippen molar-refractivity contribution in [3.63, 3.8) is 0 Å². The summed E-state index contributed by atoms with van der Waals surface area (Å²) in [5.41, 5.74) is 4.87. The van der Waals surface area contributed by atoms with Gasteiger partial charge in [0.25, 0.3) is 0 Å². The number of para-hydroxylation sites is 4. The van der Waals surface area contributed by atoms with Gasteiger partial charge in [0.2, 0.25) is 0 Å². The van der Waals surface area contributed by atoms with Crippen molar-refractivity contribution in [2.24, 2.45) is 0 Å². The lowest BCUT2D eigenvalue weighted by molar-refractivity contribution is 1.15. The molecular formula is C54H35N3. The van der Waals surface area contributed by atoms with Crippen LogP contribution in [0.1, 0.15) is 17.8 Å². The molecule has 3 nitrogen and oxygen atoms in total. The largest absolute Gasteiger partial charge is 0.309 e. The summed E-state index contributed by atoms with van der Waals surface area (Å²) in [5.74, 6) is 0. The van der Waals surface area contributed by atoms with Gasteiger partial charge in [-0.2, -0.15) is 0 Å². The van der Waals surface area contributed by atoms with Crippen LogP contribution in [0.5, 0.6) is 0 Å². The van der Waals surface area contributed by atoms with Crippen LogP contribution in [0.2, 0.25) is 0 Å². The van der Waals surface area contributed by atoms with Crippen molar-refractivity contribution in [2.75, 3.05) is 0 Å². The Kier molecular flexibility index (Phi) is 4.69. The predicted molar refractivity (Wildman–Crippen MR) is 240 cm³/mol. The fourth-order valence-corrected chi connectivity index (χ4v) is 8.46. The number of benzene rings is 9. The summed E-state index contributed by atoms with van der Waals surface area (Å²) in [4.78, 5) is 0. The third-order valence-corrected chi connectivity index (χ3v) is 10.9. The Morgan fingerprint density at radius 2 is 0.702 bits per heavy atom. The van der Waals surface area contributed by atoms with Gasteiger partial charge in [0, 0.05) is 49.4 Å². The van der Waals surface area contributed by atoms with E-state index in [9.17, 15) is 4.11 Å². The normalized spacial score (nSPS) is 15.1. The van der Waals surface area contributed by atoms with Crippen LogP contribution in [0, 0.1) is 0 Å². The van der Waals surface area contributed by atoms with Gasteiger partial charge in [0.1, 0.15) is 0 Å². The zero-order valence-corrected chi connectivity index (χ0v) is 30.0. The number of hydrogen-bond donors (Lipinski definition) is 0. The molecule has 0 radical (unpaired) electrons. The number of nitrogens with zero attached hydrogens (tertiary/aromatic N) is 3. The van der Waals surface area contributed by atoms with Crippen molar-refractivity contribution >= 4 is 65.4 Å². The molecule has 0 saturated heterocycles. The molecule has 0 bridgehead atoms. The maximum Gasteiger partial charge on any atom is 0.0651 e. The van der Waals surface area contributed by atoms with Crippen molar-refractivity contribution < 1.29 is 17.8 Å². The maximum absolute atomic E-state index is 9.80. The highest BCUT2D eigenvalue weighted by atomic mass is 15.0. The summed E-state index contributed by atoms with van der Waals surface area (Å²) in [7, 11) is 0. The van der Waals surface area contributed by atoms with E-state index >= 15 is 0 Å². The van der Waals surface area contributed by atoms with Crippen molar-refractivity contribution in [1.82, 2.24) is 13.7 Å². The predicted octanol–water partition coefficient (Wildman–Crippen LogP) is 14.3. The van der Waals surface area contributed by atoms with Crippen LogP contribution in [0.3, 0.4) is 0 Å². The van der Waals surface area contributed by atoms with E-state index in [0.29, 0.717) is 11.0 Å². The van der Waals surface area contributed by atoms with Crippen molar-refractivity contribution in [1.29, 1.82) is 0 Å².